The third kappa shape index (κ3) is 3.83. The summed E-state index contributed by atoms with van der Waals surface area (Å²) in [6, 6.07) is 5.91. The number of nitrogens with one attached hydrogen (secondary N) is 1. The van der Waals surface area contributed by atoms with Crippen LogP contribution in [0, 0.1) is 0 Å². The molecule has 0 bridgehead atoms. The fourth-order valence-electron chi connectivity index (χ4n) is 2.98. The number of carbonyl (C=O) groups is 2. The zero-order valence-corrected chi connectivity index (χ0v) is 14.0. The third-order valence-electron chi connectivity index (χ3n) is 4.27. The van der Waals surface area contributed by atoms with Crippen LogP contribution in [-0.2, 0) is 22.6 Å². The average molecular weight is 340 g/mol. The first kappa shape index (κ1) is 17.7. The molecule has 2 heterocycles. The van der Waals surface area contributed by atoms with Gasteiger partial charge in [0.05, 0.1) is 0 Å². The number of benzene rings is 1. The van der Waals surface area contributed by atoms with Crippen molar-refractivity contribution in [3.63, 3.8) is 0 Å². The van der Waals surface area contributed by atoms with Crippen LogP contribution in [0.15, 0.2) is 18.2 Å². The lowest BCUT2D eigenvalue weighted by Gasteiger charge is -2.34. The van der Waals surface area contributed by atoms with Gasteiger partial charge in [-0.05, 0) is 23.3 Å². The molecular formula is C16H22ClN3O3. The van der Waals surface area contributed by atoms with Gasteiger partial charge in [-0.3, -0.25) is 9.59 Å². The number of hydrogen-bond acceptors (Lipinski definition) is 4. The molecule has 3 rings (SSSR count). The molecule has 126 valence electrons. The second kappa shape index (κ2) is 7.77. The highest BCUT2D eigenvalue weighted by Gasteiger charge is 2.25. The molecule has 2 amide bonds. The smallest absolute Gasteiger partial charge is 0.253 e. The average Bonchev–Trinajstić information content (AvgIpc) is 3.02. The Morgan fingerprint density at radius 2 is 1.74 bits per heavy atom. The Morgan fingerprint density at radius 3 is 2.43 bits per heavy atom. The van der Waals surface area contributed by atoms with E-state index in [-0.39, 0.29) is 30.8 Å². The summed E-state index contributed by atoms with van der Waals surface area (Å²) in [5.41, 5.74) is 3.21. The van der Waals surface area contributed by atoms with Crippen molar-refractivity contribution in [3.05, 3.63) is 34.9 Å². The Kier molecular flexibility index (Phi) is 5.98. The molecule has 0 unspecified atom stereocenters. The summed E-state index contributed by atoms with van der Waals surface area (Å²) in [4.78, 5) is 27.9. The molecule has 0 spiro atoms. The maximum Gasteiger partial charge on any atom is 0.253 e. The minimum atomic E-state index is -0.0156. The van der Waals surface area contributed by atoms with Gasteiger partial charge in [-0.1, -0.05) is 6.07 Å². The molecule has 0 aromatic heterocycles. The van der Waals surface area contributed by atoms with Crippen LogP contribution in [0.2, 0.25) is 0 Å². The summed E-state index contributed by atoms with van der Waals surface area (Å²) < 4.78 is 4.87. The van der Waals surface area contributed by atoms with Gasteiger partial charge in [0.15, 0.2) is 0 Å². The van der Waals surface area contributed by atoms with Crippen LogP contribution < -0.4 is 5.32 Å². The molecular weight excluding hydrogens is 318 g/mol. The van der Waals surface area contributed by atoms with Gasteiger partial charge in [-0.15, -0.1) is 12.4 Å². The third-order valence-corrected chi connectivity index (χ3v) is 4.27. The molecule has 0 saturated carbocycles. The Labute approximate surface area is 142 Å². The highest BCUT2D eigenvalue weighted by molar-refractivity contribution is 5.94. The van der Waals surface area contributed by atoms with Crippen LogP contribution in [0.5, 0.6) is 0 Å². The van der Waals surface area contributed by atoms with Gasteiger partial charge in [0, 0.05) is 51.9 Å². The monoisotopic (exact) mass is 339 g/mol. The molecule has 0 aliphatic carbocycles. The van der Waals surface area contributed by atoms with Gasteiger partial charge in [-0.25, -0.2) is 0 Å². The highest BCUT2D eigenvalue weighted by Crippen LogP contribution is 2.18. The molecule has 23 heavy (non-hydrogen) atoms. The van der Waals surface area contributed by atoms with Crippen LogP contribution in [0.3, 0.4) is 0 Å². The van der Waals surface area contributed by atoms with Crippen LogP contribution in [0.1, 0.15) is 21.5 Å². The Hall–Kier alpha value is -1.63. The van der Waals surface area contributed by atoms with Gasteiger partial charge >= 0.3 is 0 Å². The fraction of sp³-hybridized carbons (Fsp3) is 0.500. The lowest BCUT2D eigenvalue weighted by molar-refractivity contribution is -0.136. The minimum absolute atomic E-state index is 0. The van der Waals surface area contributed by atoms with E-state index in [1.54, 1.807) is 4.90 Å². The number of ether oxygens (including phenoxy) is 1. The Balaban J connectivity index is 0.00000192. The van der Waals surface area contributed by atoms with E-state index >= 15 is 0 Å². The van der Waals surface area contributed by atoms with Crippen molar-refractivity contribution < 1.29 is 14.3 Å². The summed E-state index contributed by atoms with van der Waals surface area (Å²) in [6.45, 7) is 4.10. The lowest BCUT2D eigenvalue weighted by Crippen LogP contribution is -2.51. The van der Waals surface area contributed by atoms with Gasteiger partial charge < -0.3 is 19.9 Å². The molecule has 1 aromatic carbocycles. The first-order chi connectivity index (χ1) is 10.7. The van der Waals surface area contributed by atoms with E-state index < -0.39 is 0 Å². The molecule has 1 aromatic rings. The van der Waals surface area contributed by atoms with Crippen LogP contribution in [0.4, 0.5) is 0 Å². The summed E-state index contributed by atoms with van der Waals surface area (Å²) in [6.07, 6.45) is 0. The summed E-state index contributed by atoms with van der Waals surface area (Å²) in [5, 5.41) is 3.28. The molecule has 0 radical (unpaired) electrons. The molecule has 7 heteroatoms. The van der Waals surface area contributed by atoms with E-state index in [4.69, 9.17) is 4.74 Å². The van der Waals surface area contributed by atoms with Crippen LogP contribution in [-0.4, -0.2) is 61.5 Å². The van der Waals surface area contributed by atoms with Crippen molar-refractivity contribution in [1.82, 2.24) is 15.1 Å². The molecule has 1 N–H and O–H groups in total. The summed E-state index contributed by atoms with van der Waals surface area (Å²) in [5.74, 6) is 0.0340. The number of piperazine rings is 1. The standard InChI is InChI=1S/C16H21N3O3.ClH/c1-22-11-15(20)18-4-6-19(7-5-18)16(21)12-2-3-13-9-17-10-14(13)8-12;/h2-3,8,17H,4-7,9-11H2,1H3;1H. The zero-order valence-electron chi connectivity index (χ0n) is 13.2. The number of nitrogens with zero attached hydrogens (tertiary/aromatic N) is 2. The van der Waals surface area contributed by atoms with E-state index in [1.807, 2.05) is 23.1 Å². The zero-order chi connectivity index (χ0) is 15.5. The maximum absolute atomic E-state index is 12.6. The van der Waals surface area contributed by atoms with Gasteiger partial charge in [0.25, 0.3) is 5.91 Å². The lowest BCUT2D eigenvalue weighted by atomic mass is 10.1. The van der Waals surface area contributed by atoms with Crippen LogP contribution in [0.25, 0.3) is 0 Å². The van der Waals surface area contributed by atoms with Crippen molar-refractivity contribution in [2.24, 2.45) is 0 Å². The second-order valence-corrected chi connectivity index (χ2v) is 5.69. The number of hydrogen-bond donors (Lipinski definition) is 1. The van der Waals surface area contributed by atoms with E-state index in [0.717, 1.165) is 18.7 Å². The molecule has 6 nitrogen and oxygen atoms in total. The highest BCUT2D eigenvalue weighted by atomic mass is 35.5. The molecule has 2 aliphatic rings. The number of carbonyl (C=O) groups excluding carboxylic acids is 2. The van der Waals surface area contributed by atoms with Crippen molar-refractivity contribution >= 4 is 24.2 Å². The largest absolute Gasteiger partial charge is 0.375 e. The predicted octanol–water partition coefficient (Wildman–Crippen LogP) is 0.642. The fourth-order valence-corrected chi connectivity index (χ4v) is 2.98. The predicted molar refractivity (Wildman–Crippen MR) is 88.6 cm³/mol. The second-order valence-electron chi connectivity index (χ2n) is 5.69. The maximum atomic E-state index is 12.6. The molecule has 2 aliphatic heterocycles. The van der Waals surface area contributed by atoms with Gasteiger partial charge in [0.1, 0.15) is 6.61 Å². The molecule has 1 saturated heterocycles. The summed E-state index contributed by atoms with van der Waals surface area (Å²) in [7, 11) is 1.51. The van der Waals surface area contributed by atoms with Gasteiger partial charge in [0.2, 0.25) is 5.91 Å². The Bertz CT molecular complexity index is 586. The Morgan fingerprint density at radius 1 is 1.09 bits per heavy atom. The summed E-state index contributed by atoms with van der Waals surface area (Å²) >= 11 is 0. The number of amides is 2. The van der Waals surface area contributed by atoms with Crippen molar-refractivity contribution in [2.75, 3.05) is 39.9 Å². The van der Waals surface area contributed by atoms with E-state index in [0.29, 0.717) is 26.2 Å². The van der Waals surface area contributed by atoms with E-state index in [1.165, 1.54) is 18.2 Å². The minimum Gasteiger partial charge on any atom is -0.375 e. The van der Waals surface area contributed by atoms with Crippen molar-refractivity contribution in [1.29, 1.82) is 0 Å². The first-order valence-electron chi connectivity index (χ1n) is 7.57. The number of halogens is 1. The number of fused-ring (bicyclic) bond motifs is 1. The van der Waals surface area contributed by atoms with E-state index in [9.17, 15) is 9.59 Å². The van der Waals surface area contributed by atoms with Gasteiger partial charge in [-0.2, -0.15) is 0 Å². The van der Waals surface area contributed by atoms with E-state index in [2.05, 4.69) is 5.32 Å². The SMILES string of the molecule is COCC(=O)N1CCN(C(=O)c2ccc3c(c2)CNC3)CC1.Cl. The molecule has 1 fully saturated rings. The quantitative estimate of drug-likeness (QED) is 0.878. The number of rotatable bonds is 3. The first-order valence-corrected chi connectivity index (χ1v) is 7.57. The van der Waals surface area contributed by atoms with Crippen molar-refractivity contribution in [2.45, 2.75) is 13.1 Å². The topological polar surface area (TPSA) is 61.9 Å². The van der Waals surface area contributed by atoms with Crippen LogP contribution >= 0.6 is 12.4 Å². The molecule has 0 atom stereocenters. The van der Waals surface area contributed by atoms with Crippen molar-refractivity contribution in [3.8, 4) is 0 Å². The number of methoxy groups -OCH3 is 1. The normalized spacial score (nSPS) is 16.7.